The highest BCUT2D eigenvalue weighted by atomic mass is 35.5. The van der Waals surface area contributed by atoms with Crippen molar-refractivity contribution in [3.05, 3.63) is 55.7 Å². The third kappa shape index (κ3) is 2.58. The van der Waals surface area contributed by atoms with Crippen LogP contribution in [-0.4, -0.2) is 5.11 Å². The summed E-state index contributed by atoms with van der Waals surface area (Å²) in [5.41, 5.74) is 0.722. The molecular weight excluding hydrogens is 263 g/mol. The Balaban J connectivity index is 2.37. The molecule has 0 saturated carbocycles. The van der Waals surface area contributed by atoms with Gasteiger partial charge in [-0.15, -0.1) is 11.3 Å². The molecule has 0 aliphatic rings. The van der Waals surface area contributed by atoms with Crippen molar-refractivity contribution in [2.24, 2.45) is 0 Å². The van der Waals surface area contributed by atoms with E-state index in [1.807, 2.05) is 19.1 Å². The minimum Gasteiger partial charge on any atom is -0.383 e. The van der Waals surface area contributed by atoms with Gasteiger partial charge in [-0.25, -0.2) is 0 Å². The molecular formula is C12H10Cl2OS. The van der Waals surface area contributed by atoms with E-state index >= 15 is 0 Å². The number of benzene rings is 1. The van der Waals surface area contributed by atoms with Crippen LogP contribution >= 0.6 is 34.5 Å². The Kier molecular flexibility index (Phi) is 3.55. The second kappa shape index (κ2) is 4.76. The summed E-state index contributed by atoms with van der Waals surface area (Å²) >= 11 is 13.4. The van der Waals surface area contributed by atoms with E-state index in [2.05, 4.69) is 0 Å². The fraction of sp³-hybridized carbons (Fsp3) is 0.167. The molecule has 0 saturated heterocycles. The fourth-order valence-electron chi connectivity index (χ4n) is 1.50. The number of halogens is 2. The van der Waals surface area contributed by atoms with Gasteiger partial charge >= 0.3 is 0 Å². The molecule has 16 heavy (non-hydrogen) atoms. The highest BCUT2D eigenvalue weighted by Crippen LogP contribution is 2.31. The van der Waals surface area contributed by atoms with Crippen LogP contribution in [0.1, 0.15) is 21.4 Å². The molecule has 0 radical (unpaired) electrons. The second-order valence-electron chi connectivity index (χ2n) is 3.55. The summed E-state index contributed by atoms with van der Waals surface area (Å²) in [6.45, 7) is 2.01. The molecule has 1 unspecified atom stereocenters. The Morgan fingerprint density at radius 1 is 1.12 bits per heavy atom. The zero-order valence-corrected chi connectivity index (χ0v) is 10.9. The van der Waals surface area contributed by atoms with E-state index in [9.17, 15) is 5.11 Å². The average Bonchev–Trinajstić information content (AvgIpc) is 2.62. The maximum atomic E-state index is 10.1. The molecule has 2 rings (SSSR count). The Hall–Kier alpha value is -0.540. The van der Waals surface area contributed by atoms with E-state index in [-0.39, 0.29) is 0 Å². The van der Waals surface area contributed by atoms with Crippen molar-refractivity contribution in [3.8, 4) is 0 Å². The van der Waals surface area contributed by atoms with E-state index in [0.717, 1.165) is 10.4 Å². The van der Waals surface area contributed by atoms with Gasteiger partial charge in [0.15, 0.2) is 0 Å². The van der Waals surface area contributed by atoms with E-state index in [1.165, 1.54) is 4.88 Å². The summed E-state index contributed by atoms with van der Waals surface area (Å²) in [6, 6.07) is 9.01. The normalized spacial score (nSPS) is 12.8. The van der Waals surface area contributed by atoms with Crippen LogP contribution in [0.5, 0.6) is 0 Å². The number of hydrogen-bond donors (Lipinski definition) is 1. The quantitative estimate of drug-likeness (QED) is 0.857. The van der Waals surface area contributed by atoms with Gasteiger partial charge in [-0.1, -0.05) is 23.2 Å². The number of thiophene rings is 1. The topological polar surface area (TPSA) is 20.2 Å². The summed E-state index contributed by atoms with van der Waals surface area (Å²) in [6.07, 6.45) is -0.658. The first kappa shape index (κ1) is 11.9. The molecule has 84 valence electrons. The third-order valence-electron chi connectivity index (χ3n) is 2.23. The van der Waals surface area contributed by atoms with E-state index < -0.39 is 6.10 Å². The van der Waals surface area contributed by atoms with E-state index in [4.69, 9.17) is 23.2 Å². The van der Waals surface area contributed by atoms with E-state index in [1.54, 1.807) is 29.5 Å². The molecule has 0 aliphatic heterocycles. The van der Waals surface area contributed by atoms with Crippen LogP contribution in [-0.2, 0) is 0 Å². The lowest BCUT2D eigenvalue weighted by Crippen LogP contribution is -1.96. The zero-order chi connectivity index (χ0) is 11.7. The Morgan fingerprint density at radius 2 is 1.75 bits per heavy atom. The summed E-state index contributed by atoms with van der Waals surface area (Å²) in [7, 11) is 0. The largest absolute Gasteiger partial charge is 0.383 e. The lowest BCUT2D eigenvalue weighted by Gasteiger charge is -2.09. The minimum absolute atomic E-state index is 0.537. The molecule has 0 amide bonds. The Morgan fingerprint density at radius 3 is 2.25 bits per heavy atom. The SMILES string of the molecule is Cc1ccc(C(O)c2cc(Cl)cc(Cl)c2)s1. The Bertz CT molecular complexity index is 487. The van der Waals surface area contributed by atoms with Gasteiger partial charge in [0.05, 0.1) is 0 Å². The van der Waals surface area contributed by atoms with Gasteiger partial charge in [-0.05, 0) is 42.8 Å². The highest BCUT2D eigenvalue weighted by Gasteiger charge is 2.13. The zero-order valence-electron chi connectivity index (χ0n) is 8.58. The molecule has 1 aromatic heterocycles. The predicted molar refractivity (Wildman–Crippen MR) is 69.6 cm³/mol. The van der Waals surface area contributed by atoms with Gasteiger partial charge in [-0.2, -0.15) is 0 Å². The van der Waals surface area contributed by atoms with Gasteiger partial charge in [0, 0.05) is 19.8 Å². The predicted octanol–water partition coefficient (Wildman–Crippen LogP) is 4.45. The van der Waals surface area contributed by atoms with Gasteiger partial charge in [0.1, 0.15) is 6.10 Å². The highest BCUT2D eigenvalue weighted by molar-refractivity contribution is 7.12. The molecule has 0 fully saturated rings. The molecule has 1 nitrogen and oxygen atoms in total. The Labute approximate surface area is 108 Å². The van der Waals surface area contributed by atoms with Crippen LogP contribution in [0.25, 0.3) is 0 Å². The summed E-state index contributed by atoms with van der Waals surface area (Å²) < 4.78 is 0. The second-order valence-corrected chi connectivity index (χ2v) is 5.75. The smallest absolute Gasteiger partial charge is 0.113 e. The molecule has 0 spiro atoms. The van der Waals surface area contributed by atoms with Crippen molar-refractivity contribution in [2.45, 2.75) is 13.0 Å². The summed E-state index contributed by atoms with van der Waals surface area (Å²) in [4.78, 5) is 2.07. The number of aryl methyl sites for hydroxylation is 1. The number of aliphatic hydroxyl groups is 1. The first-order valence-corrected chi connectivity index (χ1v) is 6.34. The fourth-order valence-corrected chi connectivity index (χ4v) is 2.93. The lowest BCUT2D eigenvalue weighted by molar-refractivity contribution is 0.224. The lowest BCUT2D eigenvalue weighted by atomic mass is 10.1. The average molecular weight is 273 g/mol. The summed E-state index contributed by atoms with van der Waals surface area (Å²) in [5.74, 6) is 0. The van der Waals surface area contributed by atoms with Crippen LogP contribution in [0.3, 0.4) is 0 Å². The number of rotatable bonds is 2. The monoisotopic (exact) mass is 272 g/mol. The first-order chi connectivity index (χ1) is 7.56. The van der Waals surface area contributed by atoms with Gasteiger partial charge < -0.3 is 5.11 Å². The molecule has 1 heterocycles. The maximum Gasteiger partial charge on any atom is 0.113 e. The van der Waals surface area contributed by atoms with Crippen molar-refractivity contribution in [2.75, 3.05) is 0 Å². The van der Waals surface area contributed by atoms with Gasteiger partial charge in [0.25, 0.3) is 0 Å². The molecule has 0 bridgehead atoms. The van der Waals surface area contributed by atoms with Crippen molar-refractivity contribution < 1.29 is 5.11 Å². The molecule has 4 heteroatoms. The maximum absolute atomic E-state index is 10.1. The van der Waals surface area contributed by atoms with Gasteiger partial charge in [0.2, 0.25) is 0 Å². The van der Waals surface area contributed by atoms with E-state index in [0.29, 0.717) is 10.0 Å². The molecule has 1 N–H and O–H groups in total. The van der Waals surface area contributed by atoms with Crippen molar-refractivity contribution in [1.29, 1.82) is 0 Å². The van der Waals surface area contributed by atoms with Crippen molar-refractivity contribution in [3.63, 3.8) is 0 Å². The van der Waals surface area contributed by atoms with Crippen LogP contribution < -0.4 is 0 Å². The first-order valence-electron chi connectivity index (χ1n) is 4.76. The van der Waals surface area contributed by atoms with Crippen molar-refractivity contribution >= 4 is 34.5 Å². The standard InChI is InChI=1S/C12H10Cl2OS/c1-7-2-3-11(16-7)12(15)8-4-9(13)6-10(14)5-8/h2-6,12,15H,1H3. The minimum atomic E-state index is -0.658. The van der Waals surface area contributed by atoms with Crippen LogP contribution in [0.4, 0.5) is 0 Å². The summed E-state index contributed by atoms with van der Waals surface area (Å²) in [5, 5.41) is 11.2. The van der Waals surface area contributed by atoms with Crippen molar-refractivity contribution in [1.82, 2.24) is 0 Å². The molecule has 2 aromatic rings. The number of aliphatic hydroxyl groups excluding tert-OH is 1. The number of hydrogen-bond acceptors (Lipinski definition) is 2. The van der Waals surface area contributed by atoms with Crippen LogP contribution in [0.2, 0.25) is 10.0 Å². The molecule has 1 aromatic carbocycles. The third-order valence-corrected chi connectivity index (χ3v) is 3.72. The molecule has 1 atom stereocenters. The molecule has 0 aliphatic carbocycles. The van der Waals surface area contributed by atoms with Crippen LogP contribution in [0.15, 0.2) is 30.3 Å². The van der Waals surface area contributed by atoms with Gasteiger partial charge in [-0.3, -0.25) is 0 Å². The van der Waals surface area contributed by atoms with Crippen LogP contribution in [0, 0.1) is 6.92 Å².